The summed E-state index contributed by atoms with van der Waals surface area (Å²) in [5, 5.41) is 0. The molecule has 0 saturated heterocycles. The molecule has 3 rings (SSSR count). The first kappa shape index (κ1) is 16.9. The summed E-state index contributed by atoms with van der Waals surface area (Å²) in [6, 6.07) is 9.84. The zero-order valence-electron chi connectivity index (χ0n) is 11.4. The van der Waals surface area contributed by atoms with Crippen LogP contribution in [-0.4, -0.2) is 24.5 Å². The Hall–Kier alpha value is -1.51. The van der Waals surface area contributed by atoms with Crippen molar-refractivity contribution >= 4 is 22.0 Å². The van der Waals surface area contributed by atoms with E-state index >= 15 is 0 Å². The van der Waals surface area contributed by atoms with Gasteiger partial charge in [0.2, 0.25) is 0 Å². The summed E-state index contributed by atoms with van der Waals surface area (Å²) in [5.74, 6) is -1.06. The van der Waals surface area contributed by atoms with E-state index in [0.29, 0.717) is 5.56 Å². The smallest absolute Gasteiger partial charge is 0.716 e. The molecule has 0 unspecified atom stereocenters. The normalized spacial score (nSPS) is 13.0. The van der Waals surface area contributed by atoms with Crippen molar-refractivity contribution in [3.63, 3.8) is 0 Å². The monoisotopic (exact) mass is 326 g/mol. The molecule has 0 bridgehead atoms. The van der Waals surface area contributed by atoms with E-state index in [0.717, 1.165) is 12.1 Å². The van der Waals surface area contributed by atoms with Gasteiger partial charge < -0.3 is 8.74 Å². The standard InChI is InChI=1S/C14H8O6S.Na/c15-13-9-3-1-2-4-10(9)14(16)12-7-8(5-6-11(12)13)20-21(17,18)19;/h1-7H,(H,17,18,19);/q;+1/p-1. The summed E-state index contributed by atoms with van der Waals surface area (Å²) in [4.78, 5) is 24.6. The number of fused-ring (bicyclic) bond motifs is 2. The first-order valence-corrected chi connectivity index (χ1v) is 7.18. The Morgan fingerprint density at radius 2 is 1.32 bits per heavy atom. The molecule has 0 aliphatic heterocycles. The third-order valence-corrected chi connectivity index (χ3v) is 3.49. The first-order chi connectivity index (χ1) is 9.87. The molecule has 6 nitrogen and oxygen atoms in total. The summed E-state index contributed by atoms with van der Waals surface area (Å²) in [6.07, 6.45) is 0. The van der Waals surface area contributed by atoms with E-state index in [4.69, 9.17) is 0 Å². The van der Waals surface area contributed by atoms with Crippen molar-refractivity contribution in [1.29, 1.82) is 0 Å². The van der Waals surface area contributed by atoms with Crippen LogP contribution in [0.4, 0.5) is 0 Å². The van der Waals surface area contributed by atoms with Gasteiger partial charge in [-0.15, -0.1) is 0 Å². The minimum Gasteiger partial charge on any atom is -0.716 e. The maximum absolute atomic E-state index is 12.3. The molecule has 106 valence electrons. The van der Waals surface area contributed by atoms with Crippen molar-refractivity contribution in [1.82, 2.24) is 0 Å². The van der Waals surface area contributed by atoms with Crippen LogP contribution >= 0.6 is 0 Å². The molecule has 0 N–H and O–H groups in total. The summed E-state index contributed by atoms with van der Waals surface area (Å²) >= 11 is 0. The number of rotatable bonds is 2. The second-order valence-corrected chi connectivity index (χ2v) is 5.39. The topological polar surface area (TPSA) is 101 Å². The van der Waals surface area contributed by atoms with Gasteiger partial charge in [-0.05, 0) is 18.2 Å². The number of hydrogen-bond donors (Lipinski definition) is 0. The predicted octanol–water partition coefficient (Wildman–Crippen LogP) is -1.69. The van der Waals surface area contributed by atoms with E-state index in [2.05, 4.69) is 4.18 Å². The maximum atomic E-state index is 12.3. The number of carbonyl (C=O) groups excluding carboxylic acids is 2. The molecule has 2 aromatic rings. The Labute approximate surface area is 148 Å². The SMILES string of the molecule is O=C1c2ccccc2C(=O)c2cc(OS(=O)(=O)[O-])ccc21.[Na+]. The zero-order valence-corrected chi connectivity index (χ0v) is 14.2. The van der Waals surface area contributed by atoms with Crippen molar-refractivity contribution in [2.24, 2.45) is 0 Å². The van der Waals surface area contributed by atoms with Gasteiger partial charge >= 0.3 is 29.6 Å². The summed E-state index contributed by atoms with van der Waals surface area (Å²) < 4.78 is 35.9. The van der Waals surface area contributed by atoms with Gasteiger partial charge in [-0.25, -0.2) is 8.42 Å². The Morgan fingerprint density at radius 1 is 0.818 bits per heavy atom. The first-order valence-electron chi connectivity index (χ1n) is 5.84. The average molecular weight is 326 g/mol. The van der Waals surface area contributed by atoms with Crippen LogP contribution in [0.15, 0.2) is 42.5 Å². The van der Waals surface area contributed by atoms with E-state index < -0.39 is 16.2 Å². The molecule has 0 radical (unpaired) electrons. The van der Waals surface area contributed by atoms with E-state index in [9.17, 15) is 22.6 Å². The van der Waals surface area contributed by atoms with Gasteiger partial charge in [-0.2, -0.15) is 0 Å². The Balaban J connectivity index is 0.00000176. The minimum atomic E-state index is -4.94. The van der Waals surface area contributed by atoms with Gasteiger partial charge in [-0.3, -0.25) is 9.59 Å². The van der Waals surface area contributed by atoms with Crippen LogP contribution in [0.3, 0.4) is 0 Å². The Bertz CT molecular complexity index is 888. The summed E-state index contributed by atoms with van der Waals surface area (Å²) in [5.41, 5.74) is 0.687. The molecular weight excluding hydrogens is 319 g/mol. The molecule has 0 spiro atoms. The molecule has 0 atom stereocenters. The predicted molar refractivity (Wildman–Crippen MR) is 70.1 cm³/mol. The molecular formula is C14H7NaO6S. The molecule has 22 heavy (non-hydrogen) atoms. The molecule has 2 aromatic carbocycles. The van der Waals surface area contributed by atoms with E-state index in [1.54, 1.807) is 18.2 Å². The van der Waals surface area contributed by atoms with Crippen LogP contribution in [0.5, 0.6) is 5.75 Å². The number of hydrogen-bond acceptors (Lipinski definition) is 6. The zero-order chi connectivity index (χ0) is 15.2. The number of carbonyl (C=O) groups is 2. The molecule has 0 fully saturated rings. The third kappa shape index (κ3) is 2.99. The van der Waals surface area contributed by atoms with Crippen molar-refractivity contribution in [2.45, 2.75) is 0 Å². The second kappa shape index (κ2) is 5.94. The Morgan fingerprint density at radius 3 is 1.86 bits per heavy atom. The average Bonchev–Trinajstić information content (AvgIpc) is 2.43. The van der Waals surface area contributed by atoms with Crippen molar-refractivity contribution < 1.29 is 56.3 Å². The van der Waals surface area contributed by atoms with Crippen LogP contribution in [0, 0.1) is 0 Å². The summed E-state index contributed by atoms with van der Waals surface area (Å²) in [6.45, 7) is 0. The van der Waals surface area contributed by atoms with Gasteiger partial charge in [0.05, 0.1) is 0 Å². The van der Waals surface area contributed by atoms with Gasteiger partial charge in [0.25, 0.3) is 10.4 Å². The van der Waals surface area contributed by atoms with Gasteiger partial charge in [0.15, 0.2) is 11.6 Å². The summed E-state index contributed by atoms with van der Waals surface area (Å²) in [7, 11) is -4.94. The van der Waals surface area contributed by atoms with Crippen molar-refractivity contribution in [3.05, 3.63) is 64.7 Å². The molecule has 0 aromatic heterocycles. The fourth-order valence-corrected chi connectivity index (χ4v) is 2.59. The largest absolute Gasteiger partial charge is 1.00 e. The van der Waals surface area contributed by atoms with Crippen LogP contribution in [0.2, 0.25) is 0 Å². The van der Waals surface area contributed by atoms with Crippen LogP contribution in [0.1, 0.15) is 31.8 Å². The van der Waals surface area contributed by atoms with E-state index in [1.807, 2.05) is 0 Å². The molecule has 0 saturated carbocycles. The molecule has 1 aliphatic rings. The van der Waals surface area contributed by atoms with Crippen LogP contribution in [0.25, 0.3) is 0 Å². The van der Waals surface area contributed by atoms with Crippen LogP contribution in [-0.2, 0) is 10.4 Å². The van der Waals surface area contributed by atoms with Crippen molar-refractivity contribution in [3.8, 4) is 5.75 Å². The van der Waals surface area contributed by atoms with Gasteiger partial charge in [0.1, 0.15) is 5.75 Å². The Kier molecular flexibility index (Phi) is 4.55. The minimum absolute atomic E-state index is 0. The quantitative estimate of drug-likeness (QED) is 0.316. The maximum Gasteiger partial charge on any atom is 1.00 e. The fraction of sp³-hybridized carbons (Fsp3) is 0. The van der Waals surface area contributed by atoms with Gasteiger partial charge in [0, 0.05) is 22.3 Å². The van der Waals surface area contributed by atoms with E-state index in [-0.39, 0.29) is 57.8 Å². The second-order valence-electron chi connectivity index (χ2n) is 4.40. The number of ketones is 2. The third-order valence-electron chi connectivity index (χ3n) is 3.09. The van der Waals surface area contributed by atoms with Gasteiger partial charge in [-0.1, -0.05) is 24.3 Å². The molecule has 1 aliphatic carbocycles. The van der Waals surface area contributed by atoms with Crippen molar-refractivity contribution in [2.75, 3.05) is 0 Å². The van der Waals surface area contributed by atoms with E-state index in [1.165, 1.54) is 12.1 Å². The molecule has 8 heteroatoms. The fourth-order valence-electron chi connectivity index (χ4n) is 2.25. The molecule has 0 heterocycles. The van der Waals surface area contributed by atoms with Crippen LogP contribution < -0.4 is 33.7 Å². The molecule has 0 amide bonds. The number of benzene rings is 2.